The van der Waals surface area contributed by atoms with Crippen LogP contribution in [0.4, 0.5) is 34.5 Å². The second kappa shape index (κ2) is 44.8. The average molecular weight is 1750 g/mol. The Balaban J connectivity index is 0.000000131. The van der Waals surface area contributed by atoms with E-state index in [1.165, 1.54) is 214 Å². The molecule has 0 unspecified atom stereocenters. The van der Waals surface area contributed by atoms with Gasteiger partial charge in [-0.2, -0.15) is 0 Å². The van der Waals surface area contributed by atoms with E-state index in [1.54, 1.807) is 70.9 Å². The molecule has 6 fully saturated rings. The highest BCUT2D eigenvalue weighted by Gasteiger charge is 2.27. The van der Waals surface area contributed by atoms with E-state index in [9.17, 15) is 33.6 Å². The number of nitrogens with two attached hydrogens (primary N) is 1. The highest BCUT2D eigenvalue weighted by atomic mass is 16.5. The zero-order valence-corrected chi connectivity index (χ0v) is 76.9. The number of Topliss-reactive ketones (excluding diaryl/α,β-unsaturated/α-hetero) is 6. The minimum atomic E-state index is -0.560. The minimum absolute atomic E-state index is 0.00248. The summed E-state index contributed by atoms with van der Waals surface area (Å²) in [6, 6.07) is 11.1. The van der Waals surface area contributed by atoms with E-state index >= 15 is 0 Å². The predicted octanol–water partition coefficient (Wildman–Crippen LogP) is 19.9. The Hall–Kier alpha value is -11.8. The van der Waals surface area contributed by atoms with Crippen LogP contribution in [0.2, 0.25) is 0 Å². The molecule has 0 spiro atoms. The molecule has 0 bridgehead atoms. The summed E-state index contributed by atoms with van der Waals surface area (Å²) < 4.78 is 17.6. The first kappa shape index (κ1) is 93.8. The SMILES string of the molecule is CC(=O)c1cc2c(cn1)nc(C)n2CC1CCCCC1.CC(=O)c1cc2c(cn1)nc(N)n2CC1CCCCC1.CCNc1nc2cnc(C(C)=O)cc2n1CC1CCCCC1.CNc1nc2cnc(C(C)=O)cc2n1CC1CCCCC1.CNc1nc2cnc(C(C)=O)cc2n1CC1CCCCC1.COC(=O)Nc1nc2cnc(C(C)=O)cc2n1CC1CCCCC1. The molecule has 12 aromatic heterocycles. The summed E-state index contributed by atoms with van der Waals surface area (Å²) in [5, 5.41) is 12.3. The van der Waals surface area contributed by atoms with Crippen LogP contribution in [0.25, 0.3) is 66.2 Å². The van der Waals surface area contributed by atoms with Crippen molar-refractivity contribution in [1.82, 2.24) is 87.2 Å². The van der Waals surface area contributed by atoms with Crippen molar-refractivity contribution in [3.63, 3.8) is 0 Å². The predicted molar refractivity (Wildman–Crippen MR) is 503 cm³/mol. The zero-order chi connectivity index (χ0) is 90.5. The van der Waals surface area contributed by atoms with Gasteiger partial charge in [0, 0.05) is 101 Å². The summed E-state index contributed by atoms with van der Waals surface area (Å²) in [6.07, 6.45) is 48.5. The number of anilines is 5. The van der Waals surface area contributed by atoms with Crippen LogP contribution in [0.3, 0.4) is 0 Å². The third-order valence-corrected chi connectivity index (χ3v) is 26.4. The monoisotopic (exact) mass is 1750 g/mol. The van der Waals surface area contributed by atoms with E-state index in [0.29, 0.717) is 81.2 Å². The molecule has 12 aromatic rings. The Morgan fingerprint density at radius 3 is 0.828 bits per heavy atom. The molecule has 0 radical (unpaired) electrons. The molecule has 6 saturated carbocycles. The van der Waals surface area contributed by atoms with Gasteiger partial charge < -0.3 is 53.8 Å². The number of fused-ring (bicyclic) bond motifs is 6. The van der Waals surface area contributed by atoms with E-state index < -0.39 is 6.09 Å². The summed E-state index contributed by atoms with van der Waals surface area (Å²) >= 11 is 0. The molecule has 0 atom stereocenters. The molecule has 128 heavy (non-hydrogen) atoms. The van der Waals surface area contributed by atoms with Crippen LogP contribution in [-0.2, 0) is 44.0 Å². The molecular weight excluding hydrogens is 1620 g/mol. The van der Waals surface area contributed by atoms with Gasteiger partial charge in [0.05, 0.1) is 77.4 Å². The quantitative estimate of drug-likeness (QED) is 0.0371. The number of hydrogen-bond donors (Lipinski definition) is 5. The molecule has 0 saturated heterocycles. The number of carbonyl (C=O) groups excluding carboxylic acids is 7. The number of nitrogens with one attached hydrogen (secondary N) is 4. The van der Waals surface area contributed by atoms with Gasteiger partial charge in [-0.15, -0.1) is 0 Å². The number of pyridine rings is 6. The second-order valence-corrected chi connectivity index (χ2v) is 35.9. The summed E-state index contributed by atoms with van der Waals surface area (Å²) in [7, 11) is 5.09. The van der Waals surface area contributed by atoms with Crippen LogP contribution < -0.4 is 27.0 Å². The smallest absolute Gasteiger partial charge is 0.413 e. The van der Waals surface area contributed by atoms with Gasteiger partial charge in [-0.25, -0.2) is 34.7 Å². The van der Waals surface area contributed by atoms with Crippen molar-refractivity contribution in [1.29, 1.82) is 0 Å². The molecular formula is C97H131N23O8. The molecule has 6 aliphatic carbocycles. The molecule has 18 rings (SSSR count). The molecule has 6 aliphatic rings. The molecule has 0 aliphatic heterocycles. The number of amides is 1. The number of hydrogen-bond acceptors (Lipinski definition) is 24. The van der Waals surface area contributed by atoms with Gasteiger partial charge in [0.25, 0.3) is 0 Å². The summed E-state index contributed by atoms with van der Waals surface area (Å²) in [5.41, 5.74) is 19.7. The molecule has 0 aromatic carbocycles. The van der Waals surface area contributed by atoms with Crippen molar-refractivity contribution in [2.75, 3.05) is 54.8 Å². The Morgan fingerprint density at radius 1 is 0.328 bits per heavy atom. The summed E-state index contributed by atoms with van der Waals surface area (Å²) in [6.45, 7) is 19.8. The van der Waals surface area contributed by atoms with Crippen LogP contribution in [0, 0.1) is 42.4 Å². The molecule has 682 valence electrons. The minimum Gasteiger partial charge on any atom is -0.453 e. The van der Waals surface area contributed by atoms with Crippen LogP contribution >= 0.6 is 0 Å². The normalized spacial score (nSPS) is 16.2. The fraction of sp³-hybridized carbons (Fsp3) is 0.557. The van der Waals surface area contributed by atoms with Gasteiger partial charge in [-0.1, -0.05) is 116 Å². The summed E-state index contributed by atoms with van der Waals surface area (Å²) in [5.74, 6) is 8.53. The number of aryl methyl sites for hydroxylation is 1. The lowest BCUT2D eigenvalue weighted by Crippen LogP contribution is -2.19. The van der Waals surface area contributed by atoms with Gasteiger partial charge in [-0.05, 0) is 163 Å². The lowest BCUT2D eigenvalue weighted by molar-refractivity contribution is 0.100. The highest BCUT2D eigenvalue weighted by molar-refractivity contribution is 5.99. The lowest BCUT2D eigenvalue weighted by atomic mass is 9.89. The fourth-order valence-electron chi connectivity index (χ4n) is 19.3. The molecule has 31 nitrogen and oxygen atoms in total. The largest absolute Gasteiger partial charge is 0.453 e. The number of imidazole rings is 6. The number of methoxy groups -OCH3 is 1. The number of nitrogens with zero attached hydrogens (tertiary/aromatic N) is 18. The van der Waals surface area contributed by atoms with E-state index in [4.69, 9.17) is 5.73 Å². The van der Waals surface area contributed by atoms with E-state index in [0.717, 1.165) is 136 Å². The Morgan fingerprint density at radius 2 is 0.555 bits per heavy atom. The van der Waals surface area contributed by atoms with E-state index in [1.807, 2.05) is 60.5 Å². The van der Waals surface area contributed by atoms with Gasteiger partial charge >= 0.3 is 6.09 Å². The van der Waals surface area contributed by atoms with Gasteiger partial charge in [-0.3, -0.25) is 64.0 Å². The van der Waals surface area contributed by atoms with Crippen molar-refractivity contribution in [2.24, 2.45) is 35.5 Å². The number of ketones is 6. The maximum absolute atomic E-state index is 11.6. The lowest BCUT2D eigenvalue weighted by Gasteiger charge is -2.23. The van der Waals surface area contributed by atoms with Gasteiger partial charge in [0.15, 0.2) is 34.7 Å². The number of aromatic nitrogens is 18. The topological polar surface area (TPSA) is 387 Å². The molecule has 6 N–H and O–H groups in total. The van der Waals surface area contributed by atoms with Crippen molar-refractivity contribution < 1.29 is 38.3 Å². The summed E-state index contributed by atoms with van der Waals surface area (Å²) in [4.78, 5) is 133. The number of carbonyl (C=O) groups is 7. The number of nitrogen functional groups attached to an aromatic ring is 1. The maximum Gasteiger partial charge on any atom is 0.413 e. The fourth-order valence-corrected chi connectivity index (χ4v) is 19.3. The number of ether oxygens (including phenoxy) is 1. The molecule has 31 heteroatoms. The van der Waals surface area contributed by atoms with Crippen LogP contribution in [-0.4, -0.2) is 156 Å². The van der Waals surface area contributed by atoms with Crippen molar-refractivity contribution >= 4 is 137 Å². The van der Waals surface area contributed by atoms with Crippen LogP contribution in [0.5, 0.6) is 0 Å². The Labute approximate surface area is 749 Å². The van der Waals surface area contributed by atoms with Gasteiger partial charge in [0.2, 0.25) is 29.7 Å². The first-order chi connectivity index (χ1) is 61.9. The van der Waals surface area contributed by atoms with E-state index in [-0.39, 0.29) is 34.7 Å². The van der Waals surface area contributed by atoms with E-state index in [2.05, 4.69) is 111 Å². The first-order valence-corrected chi connectivity index (χ1v) is 46.8. The first-order valence-electron chi connectivity index (χ1n) is 46.8. The highest BCUT2D eigenvalue weighted by Crippen LogP contribution is 2.36. The molecule has 12 heterocycles. The standard InChI is InChI=1S/C17H22N4O3.C17H24N4O.2C16H22N4O.C16H21N3O.C15H20N4O/c1-11(22)13-8-15-14(9-18-13)19-16(20-17(23)24-2)21(15)10-12-6-4-3-5-7-12;1-3-18-17-20-15-10-19-14(12(2)22)9-16(15)21(17)11-13-7-5-4-6-8-13;2*1-11(21)13-8-15-14(9-18-13)19-16(17-2)20(15)10-12-6-4-3-5-7-12;1-11(20)14-8-16-15(9-17-14)18-12(2)19(16)10-13-6-4-3-5-7-13;1-10(20)12-7-14-13(8-17-12)18-15(16)19(14)9-11-5-3-2-4-6-11/h8-9,12H,3-7,10H2,1-2H3,(H,19,20,23);9-10,13H,3-8,11H2,1-2H3,(H,18,20);2*8-9,12H,3-7,10H2,1-2H3,(H,17,19);8-9,13H,3-7,10H2,1-2H3;7-8,11H,2-6,9H2,1H3,(H2,16,18). The van der Waals surface area contributed by atoms with Crippen molar-refractivity contribution in [3.8, 4) is 0 Å². The number of rotatable bonds is 23. The van der Waals surface area contributed by atoms with Crippen LogP contribution in [0.1, 0.15) is 310 Å². The second-order valence-electron chi connectivity index (χ2n) is 35.9. The Bertz CT molecular complexity index is 5620. The average Bonchev–Trinajstić information content (AvgIpc) is 1.64. The van der Waals surface area contributed by atoms with Gasteiger partial charge in [0.1, 0.15) is 73.1 Å². The Kier molecular flexibility index (Phi) is 32.8. The third-order valence-electron chi connectivity index (χ3n) is 26.4. The maximum atomic E-state index is 11.6. The van der Waals surface area contributed by atoms with Crippen molar-refractivity contribution in [2.45, 2.75) is 287 Å². The van der Waals surface area contributed by atoms with Crippen LogP contribution in [0.15, 0.2) is 73.6 Å². The molecule has 1 amide bonds. The van der Waals surface area contributed by atoms with Crippen molar-refractivity contribution in [3.05, 3.63) is 114 Å². The third kappa shape index (κ3) is 24.0. The zero-order valence-electron chi connectivity index (χ0n) is 76.9.